The van der Waals surface area contributed by atoms with Crippen LogP contribution in [0, 0.1) is 26.7 Å². The Hall–Kier alpha value is -2.46. The number of nitrogens with one attached hydrogen (secondary N) is 3. The highest BCUT2D eigenvalue weighted by atomic mass is 16.5. The largest absolute Gasteiger partial charge is 0.384 e. The second kappa shape index (κ2) is 7.75. The molecule has 1 unspecified atom stereocenters. The van der Waals surface area contributed by atoms with Gasteiger partial charge in [0.1, 0.15) is 0 Å². The molecule has 1 fully saturated rings. The lowest BCUT2D eigenvalue weighted by Gasteiger charge is -2.35. The van der Waals surface area contributed by atoms with E-state index in [1.165, 1.54) is 61.8 Å². The van der Waals surface area contributed by atoms with Crippen LogP contribution in [0.1, 0.15) is 48.9 Å². The van der Waals surface area contributed by atoms with Crippen molar-refractivity contribution >= 4 is 5.70 Å². The molecular weight excluding hydrogens is 358 g/mol. The quantitative estimate of drug-likeness (QED) is 0.688. The van der Waals surface area contributed by atoms with E-state index in [1.54, 1.807) is 7.11 Å². The molecule has 1 aromatic rings. The Morgan fingerprint density at radius 3 is 2.41 bits per heavy atom. The molecule has 0 aliphatic carbocycles. The van der Waals surface area contributed by atoms with Gasteiger partial charge in [-0.15, -0.1) is 0 Å². The second-order valence-corrected chi connectivity index (χ2v) is 8.48. The molecule has 0 radical (unpaired) electrons. The SMILES string of the molecule is CCC(COC)C1=CNC(c2c(C)cc(C)cc2C)=C2NC(C)=C3CCNC3=C12. The Kier molecular flexibility index (Phi) is 5.30. The first-order valence-corrected chi connectivity index (χ1v) is 10.7. The number of methoxy groups -OCH3 is 1. The van der Waals surface area contributed by atoms with E-state index in [0.717, 1.165) is 26.0 Å². The van der Waals surface area contributed by atoms with Crippen molar-refractivity contribution in [2.45, 2.75) is 47.5 Å². The molecule has 0 aromatic heterocycles. The summed E-state index contributed by atoms with van der Waals surface area (Å²) < 4.78 is 5.56. The van der Waals surface area contributed by atoms with Crippen molar-refractivity contribution in [3.8, 4) is 0 Å². The molecule has 0 spiro atoms. The third-order valence-corrected chi connectivity index (χ3v) is 6.38. The molecule has 1 aromatic carbocycles. The number of dihydropyridines is 2. The normalized spacial score (nSPS) is 19.3. The van der Waals surface area contributed by atoms with Crippen LogP contribution in [0.25, 0.3) is 5.70 Å². The first-order chi connectivity index (χ1) is 14.0. The van der Waals surface area contributed by atoms with Crippen LogP contribution in [0.3, 0.4) is 0 Å². The van der Waals surface area contributed by atoms with Gasteiger partial charge < -0.3 is 20.7 Å². The van der Waals surface area contributed by atoms with Crippen LogP contribution in [0.2, 0.25) is 0 Å². The molecule has 3 aliphatic heterocycles. The van der Waals surface area contributed by atoms with E-state index < -0.39 is 0 Å². The molecule has 0 bridgehead atoms. The van der Waals surface area contributed by atoms with Crippen molar-refractivity contribution in [2.24, 2.45) is 5.92 Å². The van der Waals surface area contributed by atoms with E-state index >= 15 is 0 Å². The van der Waals surface area contributed by atoms with Crippen LogP contribution in [-0.2, 0) is 4.74 Å². The number of allylic oxidation sites excluding steroid dienone is 3. The Labute approximate surface area is 174 Å². The molecule has 1 saturated heterocycles. The fourth-order valence-corrected chi connectivity index (χ4v) is 5.10. The van der Waals surface area contributed by atoms with E-state index in [1.807, 2.05) is 0 Å². The summed E-state index contributed by atoms with van der Waals surface area (Å²) in [4.78, 5) is 0. The number of benzene rings is 1. The van der Waals surface area contributed by atoms with E-state index in [4.69, 9.17) is 4.74 Å². The number of rotatable bonds is 5. The summed E-state index contributed by atoms with van der Waals surface area (Å²) in [5, 5.41) is 11.1. The minimum Gasteiger partial charge on any atom is -0.384 e. The summed E-state index contributed by atoms with van der Waals surface area (Å²) in [5.41, 5.74) is 14.2. The molecule has 3 heterocycles. The maximum absolute atomic E-state index is 5.56. The van der Waals surface area contributed by atoms with Gasteiger partial charge in [-0.25, -0.2) is 0 Å². The van der Waals surface area contributed by atoms with Gasteiger partial charge in [0.15, 0.2) is 0 Å². The zero-order valence-corrected chi connectivity index (χ0v) is 18.5. The summed E-state index contributed by atoms with van der Waals surface area (Å²) in [5.74, 6) is 0.357. The highest BCUT2D eigenvalue weighted by Crippen LogP contribution is 2.43. The number of fused-ring (bicyclic) bond motifs is 2. The first kappa shape index (κ1) is 19.8. The van der Waals surface area contributed by atoms with E-state index in [0.29, 0.717) is 5.92 Å². The lowest BCUT2D eigenvalue weighted by atomic mass is 9.81. The average molecular weight is 392 g/mol. The van der Waals surface area contributed by atoms with Crippen LogP contribution in [0.5, 0.6) is 0 Å². The zero-order valence-electron chi connectivity index (χ0n) is 18.5. The molecular formula is C25H33N3O. The lowest BCUT2D eigenvalue weighted by molar-refractivity contribution is 0.164. The van der Waals surface area contributed by atoms with Crippen molar-refractivity contribution in [1.82, 2.24) is 16.0 Å². The van der Waals surface area contributed by atoms with Gasteiger partial charge in [0, 0.05) is 48.3 Å². The summed E-state index contributed by atoms with van der Waals surface area (Å²) in [6, 6.07) is 4.54. The molecule has 3 N–H and O–H groups in total. The van der Waals surface area contributed by atoms with Gasteiger partial charge in [0.25, 0.3) is 0 Å². The Morgan fingerprint density at radius 2 is 1.76 bits per heavy atom. The fraction of sp³-hybridized carbons (Fsp3) is 0.440. The minimum absolute atomic E-state index is 0.357. The van der Waals surface area contributed by atoms with Gasteiger partial charge >= 0.3 is 0 Å². The predicted octanol–water partition coefficient (Wildman–Crippen LogP) is 4.56. The third-order valence-electron chi connectivity index (χ3n) is 6.38. The highest BCUT2D eigenvalue weighted by molar-refractivity contribution is 5.81. The fourth-order valence-electron chi connectivity index (χ4n) is 5.10. The first-order valence-electron chi connectivity index (χ1n) is 10.7. The van der Waals surface area contributed by atoms with Gasteiger partial charge in [-0.1, -0.05) is 24.6 Å². The van der Waals surface area contributed by atoms with E-state index in [2.05, 4.69) is 68.9 Å². The van der Waals surface area contributed by atoms with Crippen LogP contribution >= 0.6 is 0 Å². The molecule has 154 valence electrons. The highest BCUT2D eigenvalue weighted by Gasteiger charge is 2.35. The van der Waals surface area contributed by atoms with Gasteiger partial charge in [-0.2, -0.15) is 0 Å². The molecule has 0 saturated carbocycles. The Bertz CT molecular complexity index is 955. The van der Waals surface area contributed by atoms with E-state index in [-0.39, 0.29) is 0 Å². The smallest absolute Gasteiger partial charge is 0.0725 e. The molecule has 29 heavy (non-hydrogen) atoms. The summed E-state index contributed by atoms with van der Waals surface area (Å²) in [7, 11) is 1.79. The molecule has 4 rings (SSSR count). The van der Waals surface area contributed by atoms with Crippen LogP contribution in [0.15, 0.2) is 52.1 Å². The van der Waals surface area contributed by atoms with Gasteiger partial charge in [0.2, 0.25) is 0 Å². The molecule has 3 aliphatic rings. The molecule has 4 heteroatoms. The van der Waals surface area contributed by atoms with Gasteiger partial charge in [-0.3, -0.25) is 0 Å². The average Bonchev–Trinajstić information content (AvgIpc) is 3.16. The predicted molar refractivity (Wildman–Crippen MR) is 120 cm³/mol. The maximum Gasteiger partial charge on any atom is 0.0725 e. The van der Waals surface area contributed by atoms with Crippen LogP contribution < -0.4 is 16.0 Å². The van der Waals surface area contributed by atoms with Crippen molar-refractivity contribution in [3.63, 3.8) is 0 Å². The molecule has 0 amide bonds. The van der Waals surface area contributed by atoms with Crippen LogP contribution in [-0.4, -0.2) is 20.3 Å². The lowest BCUT2D eigenvalue weighted by Crippen LogP contribution is -2.33. The zero-order chi connectivity index (χ0) is 20.7. The monoisotopic (exact) mass is 391 g/mol. The molecule has 1 atom stereocenters. The Balaban J connectivity index is 1.94. The standard InChI is InChI=1S/C25H33N3O/c1-7-18(13-29-6)20-12-27-24(21-15(3)10-14(2)11-16(21)4)25-22(20)23-19(8-9-26-23)17(5)28-25/h10-12,18,26-28H,7-9,13H2,1-6H3. The molecule has 4 nitrogen and oxygen atoms in total. The topological polar surface area (TPSA) is 45.3 Å². The number of aryl methyl sites for hydroxylation is 3. The van der Waals surface area contributed by atoms with Crippen LogP contribution in [0.4, 0.5) is 0 Å². The number of hydrogen-bond acceptors (Lipinski definition) is 4. The summed E-state index contributed by atoms with van der Waals surface area (Å²) in [6.45, 7) is 12.7. The Morgan fingerprint density at radius 1 is 1.03 bits per heavy atom. The van der Waals surface area contributed by atoms with Gasteiger partial charge in [-0.05, 0) is 62.8 Å². The summed E-state index contributed by atoms with van der Waals surface area (Å²) in [6.07, 6.45) is 4.33. The van der Waals surface area contributed by atoms with Crippen molar-refractivity contribution in [1.29, 1.82) is 0 Å². The number of ether oxygens (including phenoxy) is 1. The second-order valence-electron chi connectivity index (χ2n) is 8.48. The third kappa shape index (κ3) is 3.29. The maximum atomic E-state index is 5.56. The van der Waals surface area contributed by atoms with Crippen molar-refractivity contribution in [3.05, 3.63) is 74.4 Å². The number of hydrogen-bond donors (Lipinski definition) is 3. The van der Waals surface area contributed by atoms with Gasteiger partial charge in [0.05, 0.1) is 18.0 Å². The van der Waals surface area contributed by atoms with Crippen molar-refractivity contribution < 1.29 is 4.74 Å². The summed E-state index contributed by atoms with van der Waals surface area (Å²) >= 11 is 0. The van der Waals surface area contributed by atoms with E-state index in [9.17, 15) is 0 Å². The minimum atomic E-state index is 0.357. The van der Waals surface area contributed by atoms with Crippen molar-refractivity contribution in [2.75, 3.05) is 20.3 Å².